The predicted octanol–water partition coefficient (Wildman–Crippen LogP) is 3.69. The molecule has 18 heavy (non-hydrogen) atoms. The molecule has 0 saturated heterocycles. The van der Waals surface area contributed by atoms with E-state index in [-0.39, 0.29) is 6.04 Å². The molecule has 0 spiro atoms. The first kappa shape index (κ1) is 13.9. The standard InChI is InChI=1S/C15H22BrNO/c1-3-10(2)6-14(17)9-12-8-13(16)7-11-4-5-18-15(11)12/h7-8,10,14H,3-6,9,17H2,1-2H3. The third kappa shape index (κ3) is 3.27. The molecular weight excluding hydrogens is 290 g/mol. The maximum atomic E-state index is 6.26. The van der Waals surface area contributed by atoms with Crippen LogP contribution in [0.1, 0.15) is 37.8 Å². The number of ether oxygens (including phenoxy) is 1. The Bertz CT molecular complexity index is 419. The summed E-state index contributed by atoms with van der Waals surface area (Å²) in [6.07, 6.45) is 4.20. The van der Waals surface area contributed by atoms with Gasteiger partial charge < -0.3 is 10.5 Å². The topological polar surface area (TPSA) is 35.2 Å². The summed E-state index contributed by atoms with van der Waals surface area (Å²) >= 11 is 3.57. The first-order valence-corrected chi connectivity index (χ1v) is 7.59. The zero-order valence-corrected chi connectivity index (χ0v) is 12.8. The molecule has 1 heterocycles. The predicted molar refractivity (Wildman–Crippen MR) is 79.1 cm³/mol. The summed E-state index contributed by atoms with van der Waals surface area (Å²) in [5.41, 5.74) is 8.83. The molecule has 0 aliphatic carbocycles. The van der Waals surface area contributed by atoms with Crippen molar-refractivity contribution in [1.82, 2.24) is 0 Å². The zero-order chi connectivity index (χ0) is 13.1. The van der Waals surface area contributed by atoms with E-state index in [1.165, 1.54) is 17.5 Å². The third-order valence-corrected chi connectivity index (χ3v) is 4.17. The average Bonchev–Trinajstić information content (AvgIpc) is 2.76. The largest absolute Gasteiger partial charge is 0.493 e. The highest BCUT2D eigenvalue weighted by Gasteiger charge is 2.19. The van der Waals surface area contributed by atoms with E-state index >= 15 is 0 Å². The smallest absolute Gasteiger partial charge is 0.125 e. The summed E-state index contributed by atoms with van der Waals surface area (Å²) in [5, 5.41) is 0. The van der Waals surface area contributed by atoms with Gasteiger partial charge in [0.15, 0.2) is 0 Å². The van der Waals surface area contributed by atoms with Crippen molar-refractivity contribution in [2.75, 3.05) is 6.61 Å². The maximum Gasteiger partial charge on any atom is 0.125 e. The fourth-order valence-corrected chi connectivity index (χ4v) is 3.10. The molecule has 0 bridgehead atoms. The van der Waals surface area contributed by atoms with E-state index < -0.39 is 0 Å². The Labute approximate surface area is 118 Å². The van der Waals surface area contributed by atoms with Crippen LogP contribution in [-0.2, 0) is 12.8 Å². The lowest BCUT2D eigenvalue weighted by molar-refractivity contribution is 0.351. The van der Waals surface area contributed by atoms with E-state index in [9.17, 15) is 0 Å². The Hall–Kier alpha value is -0.540. The fraction of sp³-hybridized carbons (Fsp3) is 0.600. The Morgan fingerprint density at radius 3 is 2.94 bits per heavy atom. The lowest BCUT2D eigenvalue weighted by Crippen LogP contribution is -2.25. The Morgan fingerprint density at radius 2 is 2.22 bits per heavy atom. The van der Waals surface area contributed by atoms with Gasteiger partial charge in [-0.05, 0) is 42.0 Å². The number of halogens is 1. The van der Waals surface area contributed by atoms with Gasteiger partial charge in [-0.25, -0.2) is 0 Å². The maximum absolute atomic E-state index is 6.26. The van der Waals surface area contributed by atoms with Crippen molar-refractivity contribution in [2.45, 2.75) is 45.6 Å². The Balaban J connectivity index is 2.09. The van der Waals surface area contributed by atoms with E-state index in [4.69, 9.17) is 10.5 Å². The molecule has 0 fully saturated rings. The van der Waals surface area contributed by atoms with Gasteiger partial charge in [0.25, 0.3) is 0 Å². The molecule has 0 saturated carbocycles. The van der Waals surface area contributed by atoms with E-state index in [0.29, 0.717) is 5.92 Å². The van der Waals surface area contributed by atoms with Crippen molar-refractivity contribution >= 4 is 15.9 Å². The van der Waals surface area contributed by atoms with Gasteiger partial charge in [0, 0.05) is 16.9 Å². The van der Waals surface area contributed by atoms with Crippen LogP contribution in [0.2, 0.25) is 0 Å². The normalized spacial score (nSPS) is 17.1. The minimum atomic E-state index is 0.225. The molecular formula is C15H22BrNO. The average molecular weight is 312 g/mol. The Kier molecular flexibility index (Phi) is 4.68. The molecule has 1 aromatic carbocycles. The van der Waals surface area contributed by atoms with Crippen molar-refractivity contribution in [2.24, 2.45) is 11.7 Å². The van der Waals surface area contributed by atoms with Crippen LogP contribution < -0.4 is 10.5 Å². The van der Waals surface area contributed by atoms with Crippen molar-refractivity contribution in [3.8, 4) is 5.75 Å². The molecule has 2 unspecified atom stereocenters. The summed E-state index contributed by atoms with van der Waals surface area (Å²) in [4.78, 5) is 0. The SMILES string of the molecule is CCC(C)CC(N)Cc1cc(Br)cc2c1OCC2. The van der Waals surface area contributed by atoms with Gasteiger partial charge in [-0.3, -0.25) is 0 Å². The lowest BCUT2D eigenvalue weighted by atomic mass is 9.94. The second-order valence-corrected chi connectivity index (χ2v) is 6.28. The fourth-order valence-electron chi connectivity index (χ4n) is 2.55. The number of hydrogen-bond acceptors (Lipinski definition) is 2. The highest BCUT2D eigenvalue weighted by atomic mass is 79.9. The van der Waals surface area contributed by atoms with Crippen molar-refractivity contribution in [1.29, 1.82) is 0 Å². The van der Waals surface area contributed by atoms with Gasteiger partial charge in [-0.15, -0.1) is 0 Å². The quantitative estimate of drug-likeness (QED) is 0.900. The van der Waals surface area contributed by atoms with Crippen LogP contribution in [-0.4, -0.2) is 12.6 Å². The van der Waals surface area contributed by atoms with Gasteiger partial charge in [-0.2, -0.15) is 0 Å². The number of benzene rings is 1. The molecule has 1 aliphatic rings. The van der Waals surface area contributed by atoms with Crippen LogP contribution in [0.3, 0.4) is 0 Å². The molecule has 3 heteroatoms. The zero-order valence-electron chi connectivity index (χ0n) is 11.2. The minimum absolute atomic E-state index is 0.225. The van der Waals surface area contributed by atoms with Gasteiger partial charge in [0.05, 0.1) is 6.61 Å². The monoisotopic (exact) mass is 311 g/mol. The first-order chi connectivity index (χ1) is 8.60. The Morgan fingerprint density at radius 1 is 1.44 bits per heavy atom. The van der Waals surface area contributed by atoms with Crippen LogP contribution in [0.25, 0.3) is 0 Å². The molecule has 1 aliphatic heterocycles. The molecule has 2 atom stereocenters. The van der Waals surface area contributed by atoms with Gasteiger partial charge in [0.2, 0.25) is 0 Å². The molecule has 2 N–H and O–H groups in total. The van der Waals surface area contributed by atoms with Crippen molar-refractivity contribution < 1.29 is 4.74 Å². The first-order valence-electron chi connectivity index (χ1n) is 6.79. The number of fused-ring (bicyclic) bond motifs is 1. The van der Waals surface area contributed by atoms with Crippen LogP contribution in [0, 0.1) is 5.92 Å². The van der Waals surface area contributed by atoms with E-state index in [1.807, 2.05) is 0 Å². The molecule has 100 valence electrons. The minimum Gasteiger partial charge on any atom is -0.493 e. The highest BCUT2D eigenvalue weighted by molar-refractivity contribution is 9.10. The molecule has 0 radical (unpaired) electrons. The molecule has 2 nitrogen and oxygen atoms in total. The number of nitrogens with two attached hydrogens (primary N) is 1. The summed E-state index contributed by atoms with van der Waals surface area (Å²) in [6, 6.07) is 4.54. The van der Waals surface area contributed by atoms with Crippen LogP contribution in [0.15, 0.2) is 16.6 Å². The third-order valence-electron chi connectivity index (χ3n) is 3.71. The van der Waals surface area contributed by atoms with Gasteiger partial charge in [-0.1, -0.05) is 36.2 Å². The molecule has 0 aromatic heterocycles. The van der Waals surface area contributed by atoms with Crippen LogP contribution in [0.4, 0.5) is 0 Å². The van der Waals surface area contributed by atoms with Crippen molar-refractivity contribution in [3.05, 3.63) is 27.7 Å². The van der Waals surface area contributed by atoms with Gasteiger partial charge in [0.1, 0.15) is 5.75 Å². The van der Waals surface area contributed by atoms with E-state index in [1.54, 1.807) is 0 Å². The molecule has 2 rings (SSSR count). The van der Waals surface area contributed by atoms with Crippen molar-refractivity contribution in [3.63, 3.8) is 0 Å². The highest BCUT2D eigenvalue weighted by Crippen LogP contribution is 2.34. The lowest BCUT2D eigenvalue weighted by Gasteiger charge is -2.17. The number of hydrogen-bond donors (Lipinski definition) is 1. The van der Waals surface area contributed by atoms with Gasteiger partial charge >= 0.3 is 0 Å². The summed E-state index contributed by atoms with van der Waals surface area (Å²) in [6.45, 7) is 5.29. The molecule has 0 amide bonds. The van der Waals surface area contributed by atoms with Crippen LogP contribution in [0.5, 0.6) is 5.75 Å². The van der Waals surface area contributed by atoms with E-state index in [0.717, 1.165) is 36.1 Å². The second-order valence-electron chi connectivity index (χ2n) is 5.36. The molecule has 1 aromatic rings. The summed E-state index contributed by atoms with van der Waals surface area (Å²) < 4.78 is 6.88. The summed E-state index contributed by atoms with van der Waals surface area (Å²) in [7, 11) is 0. The summed E-state index contributed by atoms with van der Waals surface area (Å²) in [5.74, 6) is 1.78. The van der Waals surface area contributed by atoms with E-state index in [2.05, 4.69) is 41.9 Å². The van der Waals surface area contributed by atoms with Crippen LogP contribution >= 0.6 is 15.9 Å². The number of rotatable bonds is 5. The second kappa shape index (κ2) is 6.07.